The lowest BCUT2D eigenvalue weighted by atomic mass is 10.1. The third-order valence-corrected chi connectivity index (χ3v) is 5.07. The van der Waals surface area contributed by atoms with Crippen LogP contribution in [0.1, 0.15) is 0 Å². The van der Waals surface area contributed by atoms with E-state index in [-0.39, 0.29) is 10.8 Å². The Labute approximate surface area is 146 Å². The smallest absolute Gasteiger partial charge is 0.262 e. The lowest BCUT2D eigenvalue weighted by Gasteiger charge is -2.11. The zero-order chi connectivity index (χ0) is 17.9. The van der Waals surface area contributed by atoms with Gasteiger partial charge in [0.05, 0.1) is 4.90 Å². The van der Waals surface area contributed by atoms with Gasteiger partial charge in [-0.15, -0.1) is 0 Å². The van der Waals surface area contributed by atoms with Gasteiger partial charge in [-0.25, -0.2) is 8.42 Å². The van der Waals surface area contributed by atoms with Crippen LogP contribution in [0, 0.1) is 0 Å². The van der Waals surface area contributed by atoms with Gasteiger partial charge in [-0.1, -0.05) is 43.0 Å². The molecule has 0 heterocycles. The highest BCUT2D eigenvalue weighted by Gasteiger charge is 2.17. The monoisotopic (exact) mass is 352 g/mol. The first kappa shape index (κ1) is 16.7. The normalized spacial score (nSPS) is 11.0. The van der Waals surface area contributed by atoms with Crippen LogP contribution in [0.5, 0.6) is 0 Å². The molecule has 0 saturated heterocycles. The molecule has 0 unspecified atom stereocenters. The lowest BCUT2D eigenvalue weighted by Crippen LogP contribution is -2.13. The summed E-state index contributed by atoms with van der Waals surface area (Å²) in [5, 5.41) is 4.12. The van der Waals surface area contributed by atoms with Crippen molar-refractivity contribution in [2.45, 2.75) is 4.90 Å². The van der Waals surface area contributed by atoms with Crippen LogP contribution < -0.4 is 10.0 Å². The number of fused-ring (bicyclic) bond motifs is 1. The minimum absolute atomic E-state index is 0.217. The predicted octanol–water partition coefficient (Wildman–Crippen LogP) is 3.77. The summed E-state index contributed by atoms with van der Waals surface area (Å²) in [4.78, 5) is 11.5. The van der Waals surface area contributed by atoms with Gasteiger partial charge >= 0.3 is 0 Å². The molecule has 0 aliphatic carbocycles. The average Bonchev–Trinajstić information content (AvgIpc) is 2.62. The summed E-state index contributed by atoms with van der Waals surface area (Å²) in [5.74, 6) is -0.330. The molecule has 0 bridgehead atoms. The van der Waals surface area contributed by atoms with Crippen LogP contribution in [0.25, 0.3) is 10.8 Å². The van der Waals surface area contributed by atoms with Crippen molar-refractivity contribution in [2.24, 2.45) is 0 Å². The third-order valence-electron chi connectivity index (χ3n) is 3.63. The molecule has 0 atom stereocenters. The van der Waals surface area contributed by atoms with Crippen molar-refractivity contribution >= 4 is 38.1 Å². The molecule has 0 aliphatic rings. The van der Waals surface area contributed by atoms with Crippen molar-refractivity contribution in [3.05, 3.63) is 79.4 Å². The fourth-order valence-electron chi connectivity index (χ4n) is 2.46. The lowest BCUT2D eigenvalue weighted by molar-refractivity contribution is -0.111. The molecule has 0 radical (unpaired) electrons. The Balaban J connectivity index is 1.88. The fourth-order valence-corrected chi connectivity index (χ4v) is 3.74. The Morgan fingerprint density at radius 1 is 0.880 bits per heavy atom. The number of nitrogens with one attached hydrogen (secondary N) is 2. The van der Waals surface area contributed by atoms with Crippen molar-refractivity contribution in [2.75, 3.05) is 10.0 Å². The second-order valence-electron chi connectivity index (χ2n) is 5.35. The summed E-state index contributed by atoms with van der Waals surface area (Å²) in [6, 6.07) is 18.9. The van der Waals surface area contributed by atoms with E-state index in [2.05, 4.69) is 16.6 Å². The van der Waals surface area contributed by atoms with E-state index in [1.807, 2.05) is 18.2 Å². The minimum Gasteiger partial charge on any atom is -0.323 e. The molecule has 0 spiro atoms. The summed E-state index contributed by atoms with van der Waals surface area (Å²) in [6.45, 7) is 3.38. The fraction of sp³-hybridized carbons (Fsp3) is 0. The molecule has 3 rings (SSSR count). The molecule has 1 amide bonds. The van der Waals surface area contributed by atoms with Gasteiger partial charge in [0, 0.05) is 16.8 Å². The van der Waals surface area contributed by atoms with Crippen LogP contribution in [-0.4, -0.2) is 14.3 Å². The number of anilines is 2. The van der Waals surface area contributed by atoms with E-state index in [4.69, 9.17) is 0 Å². The highest BCUT2D eigenvalue weighted by Crippen LogP contribution is 2.25. The van der Waals surface area contributed by atoms with Crippen molar-refractivity contribution in [1.82, 2.24) is 0 Å². The maximum atomic E-state index is 12.7. The highest BCUT2D eigenvalue weighted by atomic mass is 32.2. The zero-order valence-electron chi connectivity index (χ0n) is 13.3. The number of amides is 1. The zero-order valence-corrected chi connectivity index (χ0v) is 14.1. The number of rotatable bonds is 5. The molecule has 6 heteroatoms. The van der Waals surface area contributed by atoms with Crippen LogP contribution in [-0.2, 0) is 14.8 Å². The Kier molecular flexibility index (Phi) is 4.54. The molecule has 3 aromatic carbocycles. The van der Waals surface area contributed by atoms with Crippen molar-refractivity contribution in [3.8, 4) is 0 Å². The summed E-state index contributed by atoms with van der Waals surface area (Å²) in [5.41, 5.74) is 0.961. The van der Waals surface area contributed by atoms with Crippen LogP contribution in [0.2, 0.25) is 0 Å². The number of sulfonamides is 1. The molecule has 0 aliphatic heterocycles. The van der Waals surface area contributed by atoms with Crippen LogP contribution in [0.3, 0.4) is 0 Å². The van der Waals surface area contributed by atoms with E-state index in [9.17, 15) is 13.2 Å². The first-order valence-electron chi connectivity index (χ1n) is 7.54. The van der Waals surface area contributed by atoms with Crippen molar-refractivity contribution < 1.29 is 13.2 Å². The first-order chi connectivity index (χ1) is 12.0. The van der Waals surface area contributed by atoms with Gasteiger partial charge in [0.1, 0.15) is 0 Å². The Bertz CT molecular complexity index is 1040. The van der Waals surface area contributed by atoms with Crippen molar-refractivity contribution in [1.29, 1.82) is 0 Å². The summed E-state index contributed by atoms with van der Waals surface area (Å²) in [6.07, 6.45) is 1.16. The third kappa shape index (κ3) is 3.70. The van der Waals surface area contributed by atoms with Gasteiger partial charge in [-0.05, 0) is 41.8 Å². The molecule has 0 saturated carbocycles. The van der Waals surface area contributed by atoms with Gasteiger partial charge in [0.2, 0.25) is 5.91 Å². The van der Waals surface area contributed by atoms with Gasteiger partial charge < -0.3 is 5.32 Å². The van der Waals surface area contributed by atoms with Gasteiger partial charge in [-0.2, -0.15) is 0 Å². The molecule has 25 heavy (non-hydrogen) atoms. The highest BCUT2D eigenvalue weighted by molar-refractivity contribution is 7.93. The largest absolute Gasteiger partial charge is 0.323 e. The predicted molar refractivity (Wildman–Crippen MR) is 100 cm³/mol. The maximum absolute atomic E-state index is 12.7. The molecular formula is C19H16N2O3S. The minimum atomic E-state index is -3.73. The van der Waals surface area contributed by atoms with E-state index >= 15 is 0 Å². The van der Waals surface area contributed by atoms with Gasteiger partial charge in [0.15, 0.2) is 0 Å². The second-order valence-corrected chi connectivity index (χ2v) is 7.00. The van der Waals surface area contributed by atoms with Crippen LogP contribution in [0.4, 0.5) is 11.4 Å². The molecule has 0 fully saturated rings. The summed E-state index contributed by atoms with van der Waals surface area (Å²) >= 11 is 0. The van der Waals surface area contributed by atoms with Crippen LogP contribution in [0.15, 0.2) is 84.3 Å². The van der Waals surface area contributed by atoms with E-state index in [1.54, 1.807) is 48.5 Å². The number of hydrogen-bond donors (Lipinski definition) is 2. The number of carbonyl (C=O) groups excluding carboxylic acids is 1. The number of hydrogen-bond acceptors (Lipinski definition) is 3. The van der Waals surface area contributed by atoms with E-state index in [1.165, 1.54) is 0 Å². The molecule has 0 aromatic heterocycles. The number of benzene rings is 3. The van der Waals surface area contributed by atoms with E-state index in [0.29, 0.717) is 16.8 Å². The summed E-state index contributed by atoms with van der Waals surface area (Å²) in [7, 11) is -3.73. The standard InChI is InChI=1S/C19H16N2O3S/c1-2-19(22)20-15-10-12-16(13-11-15)21-25(23,24)18-9-5-7-14-6-3-4-8-17(14)18/h2-13,21H,1H2,(H,20,22). The molecule has 3 aromatic rings. The molecule has 2 N–H and O–H groups in total. The van der Waals surface area contributed by atoms with Gasteiger partial charge in [0.25, 0.3) is 10.0 Å². The van der Waals surface area contributed by atoms with Crippen molar-refractivity contribution in [3.63, 3.8) is 0 Å². The van der Waals surface area contributed by atoms with Gasteiger partial charge in [-0.3, -0.25) is 9.52 Å². The Morgan fingerprint density at radius 3 is 2.24 bits per heavy atom. The SMILES string of the molecule is C=CC(=O)Nc1ccc(NS(=O)(=O)c2cccc3ccccc23)cc1. The quantitative estimate of drug-likeness (QED) is 0.687. The van der Waals surface area contributed by atoms with Crippen LogP contribution >= 0.6 is 0 Å². The average molecular weight is 352 g/mol. The molecule has 5 nitrogen and oxygen atoms in total. The van der Waals surface area contributed by atoms with E-state index in [0.717, 1.165) is 11.5 Å². The number of carbonyl (C=O) groups is 1. The summed E-state index contributed by atoms with van der Waals surface area (Å²) < 4.78 is 28.0. The van der Waals surface area contributed by atoms with E-state index < -0.39 is 10.0 Å². The molecular weight excluding hydrogens is 336 g/mol. The Hall–Kier alpha value is -3.12. The molecule has 126 valence electrons. The topological polar surface area (TPSA) is 75.3 Å². The first-order valence-corrected chi connectivity index (χ1v) is 9.02. The second kappa shape index (κ2) is 6.78. The Morgan fingerprint density at radius 2 is 1.52 bits per heavy atom. The maximum Gasteiger partial charge on any atom is 0.262 e.